The van der Waals surface area contributed by atoms with Crippen molar-refractivity contribution in [2.24, 2.45) is 0 Å². The van der Waals surface area contributed by atoms with E-state index in [0.29, 0.717) is 18.1 Å². The van der Waals surface area contributed by atoms with Crippen LogP contribution in [-0.4, -0.2) is 29.7 Å². The van der Waals surface area contributed by atoms with Gasteiger partial charge in [-0.3, -0.25) is 0 Å². The number of ether oxygens (including phenoxy) is 2. The SMILES string of the molecule is CCOC(=O)c1cc2ccc3c4ccccc4nc3c2c(Nc2ccc(OC)cc2)[nH]1. The Morgan fingerprint density at radius 3 is 2.61 bits per heavy atom. The fourth-order valence-corrected chi connectivity index (χ4v) is 3.86. The Hall–Kier alpha value is -4.06. The molecule has 6 heteroatoms. The molecular weight excluding hydrogens is 390 g/mol. The predicted octanol–water partition coefficient (Wildman–Crippen LogP) is 5.80. The number of hydrogen-bond acceptors (Lipinski definition) is 5. The van der Waals surface area contributed by atoms with E-state index in [0.717, 1.165) is 44.0 Å². The highest BCUT2D eigenvalue weighted by molar-refractivity contribution is 6.20. The number of pyridine rings is 1. The summed E-state index contributed by atoms with van der Waals surface area (Å²) in [5.41, 5.74) is 3.05. The van der Waals surface area contributed by atoms with E-state index in [1.165, 1.54) is 0 Å². The van der Waals surface area contributed by atoms with Crippen LogP contribution < -0.4 is 10.1 Å². The number of methoxy groups -OCH3 is 1. The van der Waals surface area contributed by atoms with Gasteiger partial charge in [0.2, 0.25) is 0 Å². The second-order valence-corrected chi connectivity index (χ2v) is 7.19. The molecule has 0 aliphatic heterocycles. The van der Waals surface area contributed by atoms with Gasteiger partial charge in [-0.15, -0.1) is 0 Å². The maximum absolute atomic E-state index is 12.5. The van der Waals surface area contributed by atoms with Gasteiger partial charge in [0.25, 0.3) is 0 Å². The smallest absolute Gasteiger partial charge is 0.354 e. The summed E-state index contributed by atoms with van der Waals surface area (Å²) in [5.74, 6) is 1.05. The Morgan fingerprint density at radius 1 is 1.03 bits per heavy atom. The van der Waals surface area contributed by atoms with Gasteiger partial charge in [0.05, 0.1) is 24.8 Å². The van der Waals surface area contributed by atoms with E-state index >= 15 is 0 Å². The van der Waals surface area contributed by atoms with E-state index in [9.17, 15) is 4.79 Å². The van der Waals surface area contributed by atoms with Crippen LogP contribution in [0, 0.1) is 0 Å². The Labute approximate surface area is 178 Å². The van der Waals surface area contributed by atoms with Gasteiger partial charge in [0.1, 0.15) is 17.3 Å². The van der Waals surface area contributed by atoms with Crippen LogP contribution in [0.5, 0.6) is 5.75 Å². The van der Waals surface area contributed by atoms with E-state index in [-0.39, 0.29) is 0 Å². The Morgan fingerprint density at radius 2 is 1.84 bits per heavy atom. The first-order valence-electron chi connectivity index (χ1n) is 10.1. The van der Waals surface area contributed by atoms with Gasteiger partial charge in [-0.05, 0) is 48.7 Å². The molecule has 0 atom stereocenters. The number of aromatic amines is 1. The third kappa shape index (κ3) is 3.32. The topological polar surface area (TPSA) is 76.2 Å². The van der Waals surface area contributed by atoms with Crippen molar-refractivity contribution in [1.82, 2.24) is 9.97 Å². The van der Waals surface area contributed by atoms with Crippen LogP contribution in [0.3, 0.4) is 0 Å². The van der Waals surface area contributed by atoms with Crippen LogP contribution in [0.2, 0.25) is 0 Å². The quantitative estimate of drug-likeness (QED) is 0.358. The Bertz CT molecular complexity index is 1420. The Kier molecular flexibility index (Phi) is 4.67. The van der Waals surface area contributed by atoms with Crippen LogP contribution in [-0.2, 0) is 4.74 Å². The van der Waals surface area contributed by atoms with Crippen molar-refractivity contribution >= 4 is 50.1 Å². The molecule has 5 rings (SSSR count). The molecular formula is C25H21N3O3. The standard InChI is InChI=1S/C25H21N3O3/c1-3-31-25(29)21-14-15-8-13-19-18-6-4-5-7-20(18)27-23(19)22(15)24(28-21)26-16-9-11-17(30-2)12-10-16/h4-14,26,28H,3H2,1-2H3. The number of nitrogens with one attached hydrogen (secondary N) is 2. The highest BCUT2D eigenvalue weighted by atomic mass is 16.5. The molecule has 0 radical (unpaired) electrons. The zero-order valence-electron chi connectivity index (χ0n) is 17.2. The molecule has 0 unspecified atom stereocenters. The first-order valence-corrected chi connectivity index (χ1v) is 10.1. The highest BCUT2D eigenvalue weighted by Gasteiger charge is 2.16. The number of rotatable bonds is 5. The zero-order chi connectivity index (χ0) is 21.4. The minimum absolute atomic E-state index is 0.306. The lowest BCUT2D eigenvalue weighted by atomic mass is 10.1. The van der Waals surface area contributed by atoms with Crippen LogP contribution in [0.1, 0.15) is 17.4 Å². The summed E-state index contributed by atoms with van der Waals surface area (Å²) < 4.78 is 10.5. The number of hydrogen-bond donors (Lipinski definition) is 2. The van der Waals surface area contributed by atoms with E-state index in [4.69, 9.17) is 14.5 Å². The van der Waals surface area contributed by atoms with Gasteiger partial charge in [-0.1, -0.05) is 30.3 Å². The molecule has 2 heterocycles. The maximum atomic E-state index is 12.5. The molecule has 154 valence electrons. The number of esters is 1. The lowest BCUT2D eigenvalue weighted by molar-refractivity contribution is 0.0520. The summed E-state index contributed by atoms with van der Waals surface area (Å²) in [6.07, 6.45) is 0. The number of anilines is 2. The number of fused-ring (bicyclic) bond motifs is 5. The third-order valence-electron chi connectivity index (χ3n) is 5.30. The molecule has 0 aliphatic rings. The summed E-state index contributed by atoms with van der Waals surface area (Å²) in [6, 6.07) is 21.6. The number of para-hydroxylation sites is 1. The van der Waals surface area contributed by atoms with Gasteiger partial charge >= 0.3 is 5.97 Å². The van der Waals surface area contributed by atoms with Crippen molar-refractivity contribution in [3.63, 3.8) is 0 Å². The van der Waals surface area contributed by atoms with Crippen molar-refractivity contribution in [3.8, 4) is 5.75 Å². The molecule has 0 fully saturated rings. The van der Waals surface area contributed by atoms with Gasteiger partial charge in [0, 0.05) is 21.8 Å². The van der Waals surface area contributed by atoms with Gasteiger partial charge in [-0.25, -0.2) is 9.78 Å². The summed E-state index contributed by atoms with van der Waals surface area (Å²) in [6.45, 7) is 2.10. The average Bonchev–Trinajstić information content (AvgIpc) is 3.18. The molecule has 0 aliphatic carbocycles. The molecule has 0 saturated carbocycles. The zero-order valence-corrected chi connectivity index (χ0v) is 17.2. The number of carbonyl (C=O) groups excluding carboxylic acids is 1. The largest absolute Gasteiger partial charge is 0.497 e. The predicted molar refractivity (Wildman–Crippen MR) is 123 cm³/mol. The molecule has 5 aromatic rings. The lowest BCUT2D eigenvalue weighted by Gasteiger charge is -2.14. The monoisotopic (exact) mass is 411 g/mol. The first kappa shape index (κ1) is 18.9. The van der Waals surface area contributed by atoms with E-state index in [1.54, 1.807) is 14.0 Å². The molecule has 31 heavy (non-hydrogen) atoms. The van der Waals surface area contributed by atoms with Crippen molar-refractivity contribution < 1.29 is 14.3 Å². The third-order valence-corrected chi connectivity index (χ3v) is 5.30. The van der Waals surface area contributed by atoms with Crippen LogP contribution in [0.25, 0.3) is 32.6 Å². The number of benzene rings is 3. The Balaban J connectivity index is 1.75. The second kappa shape index (κ2) is 7.65. The van der Waals surface area contributed by atoms with Crippen LogP contribution >= 0.6 is 0 Å². The minimum Gasteiger partial charge on any atom is -0.497 e. The summed E-state index contributed by atoms with van der Waals surface area (Å²) in [5, 5.41) is 7.39. The number of H-pyrrole nitrogens is 1. The minimum atomic E-state index is -0.400. The van der Waals surface area contributed by atoms with Crippen LogP contribution in [0.4, 0.5) is 11.5 Å². The number of carbonyl (C=O) groups is 1. The number of nitrogens with zero attached hydrogens (tertiary/aromatic N) is 1. The van der Waals surface area contributed by atoms with Crippen molar-refractivity contribution in [3.05, 3.63) is 72.4 Å². The number of aromatic nitrogens is 2. The molecule has 0 saturated heterocycles. The van der Waals surface area contributed by atoms with Gasteiger partial charge in [-0.2, -0.15) is 0 Å². The first-order chi connectivity index (χ1) is 15.2. The van der Waals surface area contributed by atoms with E-state index in [2.05, 4.69) is 22.4 Å². The fourth-order valence-electron chi connectivity index (χ4n) is 3.86. The molecule has 2 N–H and O–H groups in total. The fraction of sp³-hybridized carbons (Fsp3) is 0.120. The molecule has 2 aromatic heterocycles. The second-order valence-electron chi connectivity index (χ2n) is 7.19. The van der Waals surface area contributed by atoms with Crippen LogP contribution in [0.15, 0.2) is 66.7 Å². The highest BCUT2D eigenvalue weighted by Crippen LogP contribution is 2.36. The lowest BCUT2D eigenvalue weighted by Crippen LogP contribution is -2.09. The normalized spacial score (nSPS) is 11.2. The summed E-state index contributed by atoms with van der Waals surface area (Å²) in [7, 11) is 1.63. The molecule has 0 amide bonds. The van der Waals surface area contributed by atoms with E-state index < -0.39 is 5.97 Å². The molecule has 0 spiro atoms. The average molecular weight is 411 g/mol. The van der Waals surface area contributed by atoms with Gasteiger partial charge in [0.15, 0.2) is 0 Å². The molecule has 3 aromatic carbocycles. The van der Waals surface area contributed by atoms with Crippen molar-refractivity contribution in [2.45, 2.75) is 6.92 Å². The van der Waals surface area contributed by atoms with Crippen molar-refractivity contribution in [2.75, 3.05) is 19.0 Å². The maximum Gasteiger partial charge on any atom is 0.354 e. The summed E-state index contributed by atoms with van der Waals surface area (Å²) >= 11 is 0. The summed E-state index contributed by atoms with van der Waals surface area (Å²) in [4.78, 5) is 20.6. The van der Waals surface area contributed by atoms with Crippen molar-refractivity contribution in [1.29, 1.82) is 0 Å². The molecule has 6 nitrogen and oxygen atoms in total. The molecule has 0 bridgehead atoms. The van der Waals surface area contributed by atoms with Gasteiger partial charge < -0.3 is 19.8 Å². The van der Waals surface area contributed by atoms with E-state index in [1.807, 2.05) is 54.6 Å².